The Balaban J connectivity index is 1.66. The number of hydrogen-bond acceptors (Lipinski definition) is 2. The summed E-state index contributed by atoms with van der Waals surface area (Å²) in [6, 6.07) is 0. The average Bonchev–Trinajstić information content (AvgIpc) is 2.87. The molecule has 0 amide bonds. The second-order valence-electron chi connectivity index (χ2n) is 10.2. The Morgan fingerprint density at radius 1 is 1.08 bits per heavy atom. The van der Waals surface area contributed by atoms with Crippen LogP contribution in [0.1, 0.15) is 79.1 Å². The fourth-order valence-electron chi connectivity index (χ4n) is 7.67. The molecule has 140 valence electrons. The van der Waals surface area contributed by atoms with Crippen molar-refractivity contribution in [2.45, 2.75) is 85.2 Å². The number of Topliss-reactive ketones (excluding diaryl/α,β-unsaturated/α-hetero) is 1. The third-order valence-corrected chi connectivity index (χ3v) is 9.77. The fourth-order valence-corrected chi connectivity index (χ4v) is 7.67. The van der Waals surface area contributed by atoms with Crippen molar-refractivity contribution in [1.29, 1.82) is 0 Å². The highest BCUT2D eigenvalue weighted by Crippen LogP contribution is 2.69. The Bertz CT molecular complexity index is 607. The Morgan fingerprint density at radius 3 is 2.48 bits per heavy atom. The number of hydrogen-bond donors (Lipinski definition) is 0. The number of rotatable bonds is 2. The lowest BCUT2D eigenvalue weighted by molar-refractivity contribution is -0.138. The first kappa shape index (κ1) is 17.8. The van der Waals surface area contributed by atoms with E-state index in [9.17, 15) is 4.79 Å². The lowest BCUT2D eigenvalue weighted by Gasteiger charge is -2.59. The maximum absolute atomic E-state index is 12.5. The highest BCUT2D eigenvalue weighted by molar-refractivity contribution is 5.83. The van der Waals surface area contributed by atoms with E-state index in [1.165, 1.54) is 38.5 Å². The van der Waals surface area contributed by atoms with Gasteiger partial charge >= 0.3 is 0 Å². The van der Waals surface area contributed by atoms with E-state index in [-0.39, 0.29) is 10.8 Å². The molecule has 0 N–H and O–H groups in total. The van der Waals surface area contributed by atoms with Gasteiger partial charge in [-0.2, -0.15) is 0 Å². The summed E-state index contributed by atoms with van der Waals surface area (Å²) in [4.78, 5) is 12.5. The minimum absolute atomic E-state index is 0.0960. The van der Waals surface area contributed by atoms with Crippen LogP contribution in [0.4, 0.5) is 0 Å². The Labute approximate surface area is 153 Å². The Morgan fingerprint density at radius 2 is 1.80 bits per heavy atom. The summed E-state index contributed by atoms with van der Waals surface area (Å²) >= 11 is 0. The van der Waals surface area contributed by atoms with Gasteiger partial charge in [-0.25, -0.2) is 0 Å². The van der Waals surface area contributed by atoms with Gasteiger partial charge in [-0.05, 0) is 86.9 Å². The minimum atomic E-state index is -0.0960. The summed E-state index contributed by atoms with van der Waals surface area (Å²) in [7, 11) is 1.87. The number of ketones is 1. The van der Waals surface area contributed by atoms with E-state index in [1.807, 2.05) is 14.0 Å². The lowest BCUT2D eigenvalue weighted by Crippen LogP contribution is -2.53. The van der Waals surface area contributed by atoms with Crippen LogP contribution in [0.5, 0.6) is 0 Å². The van der Waals surface area contributed by atoms with Crippen LogP contribution in [-0.4, -0.2) is 19.0 Å². The van der Waals surface area contributed by atoms with E-state index in [2.05, 4.69) is 26.8 Å². The van der Waals surface area contributed by atoms with Gasteiger partial charge in [0.2, 0.25) is 0 Å². The molecule has 0 aromatic carbocycles. The summed E-state index contributed by atoms with van der Waals surface area (Å²) in [6.07, 6.45) is 12.8. The number of carbonyl (C=O) groups excluding carboxylic acids is 1. The maximum Gasteiger partial charge on any atom is 0.136 e. The topological polar surface area (TPSA) is 26.3 Å². The molecule has 4 rings (SSSR count). The highest BCUT2D eigenvalue weighted by Gasteiger charge is 2.63. The predicted octanol–water partition coefficient (Wildman–Crippen LogP) is 5.56. The molecule has 0 aromatic heterocycles. The van der Waals surface area contributed by atoms with Crippen molar-refractivity contribution in [2.24, 2.45) is 34.0 Å². The molecule has 7 atom stereocenters. The van der Waals surface area contributed by atoms with Gasteiger partial charge in [0.05, 0.1) is 6.10 Å². The van der Waals surface area contributed by atoms with Gasteiger partial charge in [0.25, 0.3) is 0 Å². The van der Waals surface area contributed by atoms with Crippen LogP contribution in [0.15, 0.2) is 11.6 Å². The molecule has 2 nitrogen and oxygen atoms in total. The zero-order chi connectivity index (χ0) is 18.0. The molecule has 0 saturated heterocycles. The summed E-state index contributed by atoms with van der Waals surface area (Å²) < 4.78 is 5.68. The second kappa shape index (κ2) is 5.68. The monoisotopic (exact) mass is 344 g/mol. The van der Waals surface area contributed by atoms with Crippen LogP contribution >= 0.6 is 0 Å². The van der Waals surface area contributed by atoms with E-state index in [0.29, 0.717) is 17.3 Å². The zero-order valence-corrected chi connectivity index (χ0v) is 16.9. The molecular weight excluding hydrogens is 308 g/mol. The molecular formula is C23H36O2. The van der Waals surface area contributed by atoms with Crippen molar-refractivity contribution >= 4 is 5.78 Å². The highest BCUT2D eigenvalue weighted by atomic mass is 16.5. The van der Waals surface area contributed by atoms with Gasteiger partial charge in [0, 0.05) is 12.5 Å². The van der Waals surface area contributed by atoms with E-state index in [4.69, 9.17) is 4.74 Å². The summed E-state index contributed by atoms with van der Waals surface area (Å²) in [6.45, 7) is 9.10. The Hall–Kier alpha value is -0.630. The maximum atomic E-state index is 12.5. The van der Waals surface area contributed by atoms with Crippen LogP contribution in [0, 0.1) is 34.0 Å². The van der Waals surface area contributed by atoms with E-state index in [0.717, 1.165) is 30.6 Å². The molecule has 4 aliphatic carbocycles. The van der Waals surface area contributed by atoms with Crippen molar-refractivity contribution in [3.8, 4) is 0 Å². The van der Waals surface area contributed by atoms with Gasteiger partial charge in [0.1, 0.15) is 5.78 Å². The molecule has 0 heterocycles. The summed E-state index contributed by atoms with van der Waals surface area (Å²) in [5, 5.41) is 0. The molecule has 0 aliphatic heterocycles. The molecule has 0 bridgehead atoms. The fraction of sp³-hybridized carbons (Fsp3) is 0.870. The Kier molecular flexibility index (Phi) is 4.04. The summed E-state index contributed by atoms with van der Waals surface area (Å²) in [5.41, 5.74) is 2.18. The largest absolute Gasteiger partial charge is 0.381 e. The molecule has 7 unspecified atom stereocenters. The predicted molar refractivity (Wildman–Crippen MR) is 101 cm³/mol. The van der Waals surface area contributed by atoms with E-state index < -0.39 is 0 Å². The van der Waals surface area contributed by atoms with Crippen molar-refractivity contribution in [2.75, 3.05) is 7.11 Å². The SMILES string of the molecule is COC1CCC2(C)C(=CCC3C2CCC2(C)C3CCC2(C)C(C)=O)C1. The smallest absolute Gasteiger partial charge is 0.136 e. The second-order valence-corrected chi connectivity index (χ2v) is 10.2. The molecule has 2 heteroatoms. The number of fused-ring (bicyclic) bond motifs is 5. The van der Waals surface area contributed by atoms with Gasteiger partial charge in [0.15, 0.2) is 0 Å². The van der Waals surface area contributed by atoms with Crippen LogP contribution in [0.3, 0.4) is 0 Å². The molecule has 0 aromatic rings. The van der Waals surface area contributed by atoms with Gasteiger partial charge in [-0.1, -0.05) is 32.4 Å². The van der Waals surface area contributed by atoms with E-state index >= 15 is 0 Å². The third kappa shape index (κ3) is 2.22. The summed E-state index contributed by atoms with van der Waals surface area (Å²) in [5.74, 6) is 2.76. The van der Waals surface area contributed by atoms with Crippen LogP contribution in [0.25, 0.3) is 0 Å². The van der Waals surface area contributed by atoms with Gasteiger partial charge < -0.3 is 4.74 Å². The quantitative estimate of drug-likeness (QED) is 0.613. The first-order valence-corrected chi connectivity index (χ1v) is 10.5. The first-order chi connectivity index (χ1) is 11.8. The standard InChI is InChI=1S/C23H36O2/c1-15(24)22(3)12-10-20-18-7-6-16-14-17(25-5)8-11-21(16,2)19(18)9-13-23(20,22)4/h6,17-20H,7-14H2,1-5H3. The molecule has 0 radical (unpaired) electrons. The first-order valence-electron chi connectivity index (χ1n) is 10.5. The number of methoxy groups -OCH3 is 1. The normalized spacial score (nSPS) is 52.0. The van der Waals surface area contributed by atoms with Gasteiger partial charge in [-0.3, -0.25) is 4.79 Å². The van der Waals surface area contributed by atoms with Crippen LogP contribution in [0.2, 0.25) is 0 Å². The number of carbonyl (C=O) groups is 1. The molecule has 3 saturated carbocycles. The van der Waals surface area contributed by atoms with Crippen LogP contribution < -0.4 is 0 Å². The molecule has 3 fully saturated rings. The van der Waals surface area contributed by atoms with E-state index in [1.54, 1.807) is 5.57 Å². The van der Waals surface area contributed by atoms with Crippen molar-refractivity contribution in [3.05, 3.63) is 11.6 Å². The third-order valence-electron chi connectivity index (χ3n) is 9.77. The van der Waals surface area contributed by atoms with Crippen molar-refractivity contribution in [3.63, 3.8) is 0 Å². The minimum Gasteiger partial charge on any atom is -0.381 e. The molecule has 0 spiro atoms. The molecule has 4 aliphatic rings. The van der Waals surface area contributed by atoms with Crippen LogP contribution in [-0.2, 0) is 9.53 Å². The molecule has 25 heavy (non-hydrogen) atoms. The van der Waals surface area contributed by atoms with Gasteiger partial charge in [-0.15, -0.1) is 0 Å². The lowest BCUT2D eigenvalue weighted by atomic mass is 9.45. The number of ether oxygens (including phenoxy) is 1. The van der Waals surface area contributed by atoms with Crippen molar-refractivity contribution < 1.29 is 9.53 Å². The van der Waals surface area contributed by atoms with Crippen molar-refractivity contribution in [1.82, 2.24) is 0 Å². The zero-order valence-electron chi connectivity index (χ0n) is 16.9. The number of allylic oxidation sites excluding steroid dienone is 1. The average molecular weight is 345 g/mol.